The summed E-state index contributed by atoms with van der Waals surface area (Å²) in [5.74, 6) is -0.641. The summed E-state index contributed by atoms with van der Waals surface area (Å²) in [6, 6.07) is 23.1. The van der Waals surface area contributed by atoms with Gasteiger partial charge in [0, 0.05) is 11.8 Å². The van der Waals surface area contributed by atoms with Gasteiger partial charge < -0.3 is 5.32 Å². The Hall–Kier alpha value is -3.84. The summed E-state index contributed by atoms with van der Waals surface area (Å²) < 4.78 is 0. The molecule has 3 aromatic carbocycles. The Balaban J connectivity index is 1.60. The Morgan fingerprint density at radius 2 is 1.45 bits per heavy atom. The molecule has 0 heterocycles. The number of anilines is 1. The van der Waals surface area contributed by atoms with Crippen molar-refractivity contribution in [3.63, 3.8) is 0 Å². The van der Waals surface area contributed by atoms with E-state index in [9.17, 15) is 14.9 Å². The molecule has 0 atom stereocenters. The van der Waals surface area contributed by atoms with E-state index in [0.29, 0.717) is 5.69 Å². The second-order valence-electron chi connectivity index (χ2n) is 6.05. The van der Waals surface area contributed by atoms with Gasteiger partial charge in [0.25, 0.3) is 11.6 Å². The van der Waals surface area contributed by atoms with Crippen LogP contribution in [0.25, 0.3) is 12.2 Å². The van der Waals surface area contributed by atoms with Gasteiger partial charge in [-0.2, -0.15) is 0 Å². The molecule has 0 bridgehead atoms. The molecule has 0 aromatic heterocycles. The lowest BCUT2D eigenvalue weighted by Gasteiger charge is -2.10. The minimum Gasteiger partial charge on any atom is -0.332 e. The maximum Gasteiger partial charge on any atom is 0.282 e. The number of nitro benzene ring substituents is 1. The van der Waals surface area contributed by atoms with Crippen LogP contribution in [0.2, 0.25) is 0 Å². The molecule has 0 aliphatic heterocycles. The van der Waals surface area contributed by atoms with E-state index in [-0.39, 0.29) is 16.4 Å². The molecule has 0 saturated heterocycles. The fourth-order valence-electron chi connectivity index (χ4n) is 2.59. The third-order valence-corrected chi connectivity index (χ3v) is 4.21. The number of hydrogen-bond donors (Lipinski definition) is 2. The molecule has 0 aliphatic carbocycles. The average Bonchev–Trinajstić information content (AvgIpc) is 2.74. The zero-order valence-corrected chi connectivity index (χ0v) is 16.1. The van der Waals surface area contributed by atoms with Gasteiger partial charge in [-0.3, -0.25) is 20.2 Å². The summed E-state index contributed by atoms with van der Waals surface area (Å²) in [7, 11) is 0. The van der Waals surface area contributed by atoms with Gasteiger partial charge in [0.2, 0.25) is 0 Å². The van der Waals surface area contributed by atoms with E-state index in [1.807, 2.05) is 66.7 Å². The number of carbonyl (C=O) groups excluding carboxylic acids is 1. The van der Waals surface area contributed by atoms with Crippen LogP contribution in [0.3, 0.4) is 0 Å². The van der Waals surface area contributed by atoms with Crippen LogP contribution in [0.1, 0.15) is 21.5 Å². The predicted octanol–water partition coefficient (Wildman–Crippen LogP) is 4.89. The zero-order valence-electron chi connectivity index (χ0n) is 15.2. The molecule has 3 rings (SSSR count). The summed E-state index contributed by atoms with van der Waals surface area (Å²) in [5, 5.41) is 16.5. The van der Waals surface area contributed by atoms with Gasteiger partial charge in [0.15, 0.2) is 5.11 Å². The zero-order chi connectivity index (χ0) is 20.6. The van der Waals surface area contributed by atoms with Crippen molar-refractivity contribution in [3.05, 3.63) is 106 Å². The number of nitro groups is 1. The first kappa shape index (κ1) is 19.9. The van der Waals surface area contributed by atoms with Crippen LogP contribution in [-0.4, -0.2) is 15.9 Å². The third-order valence-electron chi connectivity index (χ3n) is 4.01. The van der Waals surface area contributed by atoms with Gasteiger partial charge in [0.05, 0.1) is 4.92 Å². The average molecular weight is 403 g/mol. The Kier molecular flexibility index (Phi) is 6.44. The summed E-state index contributed by atoms with van der Waals surface area (Å²) in [5.41, 5.74) is 2.47. The lowest BCUT2D eigenvalue weighted by Crippen LogP contribution is -2.34. The molecule has 0 fully saturated rings. The number of para-hydroxylation sites is 1. The minimum atomic E-state index is -0.641. The monoisotopic (exact) mass is 403 g/mol. The summed E-state index contributed by atoms with van der Waals surface area (Å²) in [4.78, 5) is 22.7. The van der Waals surface area contributed by atoms with Gasteiger partial charge in [-0.05, 0) is 41.5 Å². The van der Waals surface area contributed by atoms with Crippen molar-refractivity contribution in [3.8, 4) is 0 Å². The van der Waals surface area contributed by atoms with Crippen molar-refractivity contribution in [2.75, 3.05) is 5.32 Å². The van der Waals surface area contributed by atoms with Crippen LogP contribution in [0.5, 0.6) is 0 Å². The second-order valence-corrected chi connectivity index (χ2v) is 6.46. The molecule has 0 unspecified atom stereocenters. The molecule has 6 nitrogen and oxygen atoms in total. The molecular formula is C22H17N3O3S. The number of amides is 1. The Bertz CT molecular complexity index is 1060. The highest BCUT2D eigenvalue weighted by Gasteiger charge is 2.19. The van der Waals surface area contributed by atoms with E-state index in [1.165, 1.54) is 18.2 Å². The number of hydrogen-bond acceptors (Lipinski definition) is 4. The van der Waals surface area contributed by atoms with Crippen molar-refractivity contribution in [1.29, 1.82) is 0 Å². The van der Waals surface area contributed by atoms with E-state index >= 15 is 0 Å². The summed E-state index contributed by atoms with van der Waals surface area (Å²) in [6.07, 6.45) is 4.01. The maximum absolute atomic E-state index is 12.3. The van der Waals surface area contributed by atoms with Crippen LogP contribution < -0.4 is 10.6 Å². The third kappa shape index (κ3) is 5.57. The largest absolute Gasteiger partial charge is 0.332 e. The van der Waals surface area contributed by atoms with Crippen molar-refractivity contribution in [2.45, 2.75) is 0 Å². The van der Waals surface area contributed by atoms with Gasteiger partial charge in [0.1, 0.15) is 5.56 Å². The van der Waals surface area contributed by atoms with E-state index < -0.39 is 10.8 Å². The molecule has 0 aliphatic rings. The smallest absolute Gasteiger partial charge is 0.282 e. The Morgan fingerprint density at radius 1 is 0.862 bits per heavy atom. The van der Waals surface area contributed by atoms with Gasteiger partial charge in [-0.15, -0.1) is 0 Å². The number of thiocarbonyl (C=S) groups is 1. The van der Waals surface area contributed by atoms with Crippen molar-refractivity contribution >= 4 is 46.8 Å². The number of benzene rings is 3. The van der Waals surface area contributed by atoms with E-state index in [1.54, 1.807) is 6.07 Å². The van der Waals surface area contributed by atoms with Crippen LogP contribution >= 0.6 is 12.2 Å². The molecule has 1 amide bonds. The molecule has 0 spiro atoms. The van der Waals surface area contributed by atoms with Crippen LogP contribution in [0.15, 0.2) is 78.9 Å². The van der Waals surface area contributed by atoms with E-state index in [4.69, 9.17) is 12.2 Å². The van der Waals surface area contributed by atoms with Crippen LogP contribution in [0, 0.1) is 10.1 Å². The number of rotatable bonds is 5. The van der Waals surface area contributed by atoms with Crippen LogP contribution in [0.4, 0.5) is 11.4 Å². The number of nitrogens with zero attached hydrogens (tertiary/aromatic N) is 1. The first-order chi connectivity index (χ1) is 14.0. The number of carbonyl (C=O) groups is 1. The van der Waals surface area contributed by atoms with Crippen LogP contribution in [-0.2, 0) is 0 Å². The van der Waals surface area contributed by atoms with Gasteiger partial charge >= 0.3 is 0 Å². The topological polar surface area (TPSA) is 84.3 Å². The van der Waals surface area contributed by atoms with E-state index in [2.05, 4.69) is 10.6 Å². The van der Waals surface area contributed by atoms with Crippen molar-refractivity contribution in [1.82, 2.24) is 5.32 Å². The number of nitrogens with one attached hydrogen (secondary N) is 2. The fraction of sp³-hybridized carbons (Fsp3) is 0. The molecular weight excluding hydrogens is 386 g/mol. The summed E-state index contributed by atoms with van der Waals surface area (Å²) in [6.45, 7) is 0. The molecule has 3 aromatic rings. The Labute approximate surface area is 173 Å². The fourth-order valence-corrected chi connectivity index (χ4v) is 2.80. The highest BCUT2D eigenvalue weighted by molar-refractivity contribution is 7.80. The second kappa shape index (κ2) is 9.38. The first-order valence-corrected chi connectivity index (χ1v) is 9.13. The molecule has 0 saturated carbocycles. The molecule has 2 N–H and O–H groups in total. The summed E-state index contributed by atoms with van der Waals surface area (Å²) >= 11 is 5.14. The van der Waals surface area contributed by atoms with Crippen molar-refractivity contribution < 1.29 is 9.72 Å². The maximum atomic E-state index is 12.3. The van der Waals surface area contributed by atoms with E-state index in [0.717, 1.165) is 11.1 Å². The highest BCUT2D eigenvalue weighted by atomic mass is 32.1. The Morgan fingerprint density at radius 3 is 2.10 bits per heavy atom. The van der Waals surface area contributed by atoms with Crippen molar-refractivity contribution in [2.24, 2.45) is 0 Å². The SMILES string of the molecule is O=C(NC(=S)Nc1ccc(C=Cc2ccccc2)cc1)c1ccccc1[N+](=O)[O-]. The lowest BCUT2D eigenvalue weighted by atomic mass is 10.1. The molecule has 29 heavy (non-hydrogen) atoms. The molecule has 144 valence electrons. The highest BCUT2D eigenvalue weighted by Crippen LogP contribution is 2.17. The minimum absolute atomic E-state index is 0.0527. The lowest BCUT2D eigenvalue weighted by molar-refractivity contribution is -0.385. The first-order valence-electron chi connectivity index (χ1n) is 8.72. The predicted molar refractivity (Wildman–Crippen MR) is 119 cm³/mol. The van der Waals surface area contributed by atoms with Gasteiger partial charge in [-0.25, -0.2) is 0 Å². The van der Waals surface area contributed by atoms with Gasteiger partial charge in [-0.1, -0.05) is 66.7 Å². The normalized spacial score (nSPS) is 10.5. The molecule has 7 heteroatoms. The quantitative estimate of drug-likeness (QED) is 0.274. The standard InChI is InChI=1S/C22H17N3O3S/c26-21(19-8-4-5-9-20(19)25(27)28)24-22(29)23-18-14-12-17(13-15-18)11-10-16-6-2-1-3-7-16/h1-15H,(H2,23,24,26,29). The molecule has 0 radical (unpaired) electrons.